The molecule has 0 bridgehead atoms. The predicted molar refractivity (Wildman–Crippen MR) is 139 cm³/mol. The average molecular weight is 499 g/mol. The van der Waals surface area contributed by atoms with Gasteiger partial charge in [-0.05, 0) is 55.6 Å². The highest BCUT2D eigenvalue weighted by Crippen LogP contribution is 2.33. The Morgan fingerprint density at radius 2 is 1.65 bits per heavy atom. The lowest BCUT2D eigenvalue weighted by molar-refractivity contribution is 0.103. The Morgan fingerprint density at radius 1 is 0.912 bits per heavy atom. The molecule has 0 radical (unpaired) electrons. The third kappa shape index (κ3) is 4.70. The van der Waals surface area contributed by atoms with Crippen molar-refractivity contribution >= 4 is 48.7 Å². The zero-order valence-electron chi connectivity index (χ0n) is 19.4. The predicted octanol–water partition coefficient (Wildman–Crippen LogP) is 4.08. The number of carbonyl (C=O) groups excluding carboxylic acids is 1. The minimum Gasteiger partial charge on any atom is -0.367 e. The van der Waals surface area contributed by atoms with Crippen molar-refractivity contribution in [3.63, 3.8) is 0 Å². The largest absolute Gasteiger partial charge is 0.367 e. The van der Waals surface area contributed by atoms with E-state index in [0.717, 1.165) is 61.2 Å². The number of rotatable bonds is 5. The first-order valence-electron chi connectivity index (χ1n) is 11.8. The van der Waals surface area contributed by atoms with Gasteiger partial charge in [0.15, 0.2) is 0 Å². The molecule has 0 atom stereocenters. The molecular weight excluding hydrogens is 468 g/mol. The van der Waals surface area contributed by atoms with Crippen molar-refractivity contribution in [3.05, 3.63) is 53.4 Å². The third-order valence-corrected chi connectivity index (χ3v) is 9.67. The summed E-state index contributed by atoms with van der Waals surface area (Å²) in [5, 5.41) is 4.07. The first-order chi connectivity index (χ1) is 16.4. The molecule has 0 spiro atoms. The Hall–Kier alpha value is -2.46. The van der Waals surface area contributed by atoms with Crippen LogP contribution in [0.4, 0.5) is 11.4 Å². The lowest BCUT2D eigenvalue weighted by Gasteiger charge is -2.35. The molecule has 1 aromatic heterocycles. The molecule has 3 aromatic rings. The maximum Gasteiger partial charge on any atom is 0.265 e. The van der Waals surface area contributed by atoms with Crippen molar-refractivity contribution in [1.29, 1.82) is 0 Å². The highest BCUT2D eigenvalue weighted by molar-refractivity contribution is 7.89. The minimum absolute atomic E-state index is 0.218. The lowest BCUT2D eigenvalue weighted by atomic mass is 10.2. The first-order valence-corrected chi connectivity index (χ1v) is 14.0. The van der Waals surface area contributed by atoms with Gasteiger partial charge in [0.2, 0.25) is 10.0 Å². The Morgan fingerprint density at radius 3 is 2.38 bits per heavy atom. The molecule has 0 aliphatic carbocycles. The van der Waals surface area contributed by atoms with E-state index >= 15 is 0 Å². The van der Waals surface area contributed by atoms with Crippen LogP contribution >= 0.6 is 11.3 Å². The molecule has 1 N–H and O–H groups in total. The second-order valence-corrected chi connectivity index (χ2v) is 12.1. The van der Waals surface area contributed by atoms with Gasteiger partial charge in [0.1, 0.15) is 0 Å². The SMILES string of the molecule is CN1CCN(c2ccc(S(=O)(=O)N3CCCCC3)cc2NC(=O)c2cc3ccccc3s2)CC1. The molecule has 2 aromatic carbocycles. The van der Waals surface area contributed by atoms with Gasteiger partial charge in [0.05, 0.1) is 21.1 Å². The van der Waals surface area contributed by atoms with Crippen LogP contribution in [0.1, 0.15) is 28.9 Å². The van der Waals surface area contributed by atoms with Crippen LogP contribution in [0.15, 0.2) is 53.4 Å². The number of piperidine rings is 1. The summed E-state index contributed by atoms with van der Waals surface area (Å²) in [4.78, 5) is 18.6. The van der Waals surface area contributed by atoms with Gasteiger partial charge in [0, 0.05) is 44.0 Å². The van der Waals surface area contributed by atoms with Crippen molar-refractivity contribution in [2.24, 2.45) is 0 Å². The summed E-state index contributed by atoms with van der Waals surface area (Å²) in [6.45, 7) is 4.56. The zero-order chi connectivity index (χ0) is 23.7. The Kier molecular flexibility index (Phi) is 6.61. The Balaban J connectivity index is 1.49. The van der Waals surface area contributed by atoms with Crippen LogP contribution < -0.4 is 10.2 Å². The fraction of sp³-hybridized carbons (Fsp3) is 0.400. The molecule has 2 aliphatic rings. The van der Waals surface area contributed by atoms with Gasteiger partial charge in [0.25, 0.3) is 5.91 Å². The van der Waals surface area contributed by atoms with E-state index in [-0.39, 0.29) is 10.8 Å². The van der Waals surface area contributed by atoms with Gasteiger partial charge in [-0.15, -0.1) is 11.3 Å². The van der Waals surface area contributed by atoms with Crippen LogP contribution in [0.5, 0.6) is 0 Å². The number of thiophene rings is 1. The summed E-state index contributed by atoms with van der Waals surface area (Å²) >= 11 is 1.44. The van der Waals surface area contributed by atoms with E-state index in [4.69, 9.17) is 0 Å². The normalized spacial score (nSPS) is 18.3. The Labute approximate surface area is 205 Å². The van der Waals surface area contributed by atoms with Crippen LogP contribution in [0.3, 0.4) is 0 Å². The number of hydrogen-bond donors (Lipinski definition) is 1. The summed E-state index contributed by atoms with van der Waals surface area (Å²) in [6.07, 6.45) is 2.83. The molecule has 0 unspecified atom stereocenters. The molecule has 5 rings (SSSR count). The fourth-order valence-electron chi connectivity index (χ4n) is 4.63. The molecule has 1 amide bonds. The molecule has 7 nitrogen and oxygen atoms in total. The van der Waals surface area contributed by atoms with E-state index in [9.17, 15) is 13.2 Å². The van der Waals surface area contributed by atoms with E-state index in [0.29, 0.717) is 23.7 Å². The number of fused-ring (bicyclic) bond motifs is 1. The van der Waals surface area contributed by atoms with Crippen LogP contribution in [-0.4, -0.2) is 69.8 Å². The standard InChI is InChI=1S/C25H30N4O3S2/c1-27-13-15-28(16-14-27)22-10-9-20(34(31,32)29-11-5-2-6-12-29)18-21(22)26-25(30)24-17-19-7-3-4-8-23(19)33-24/h3-4,7-10,17-18H,2,5-6,11-16H2,1H3,(H,26,30). The molecule has 2 aliphatic heterocycles. The number of likely N-dealkylation sites (N-methyl/N-ethyl adjacent to an activating group) is 1. The number of hydrogen-bond acceptors (Lipinski definition) is 6. The van der Waals surface area contributed by atoms with E-state index in [1.807, 2.05) is 36.4 Å². The summed E-state index contributed by atoms with van der Waals surface area (Å²) in [6, 6.07) is 15.0. The van der Waals surface area contributed by atoms with Gasteiger partial charge < -0.3 is 15.1 Å². The van der Waals surface area contributed by atoms with Gasteiger partial charge in [-0.25, -0.2) is 8.42 Å². The van der Waals surface area contributed by atoms with Gasteiger partial charge in [-0.2, -0.15) is 4.31 Å². The number of sulfonamides is 1. The lowest BCUT2D eigenvalue weighted by Crippen LogP contribution is -2.44. The van der Waals surface area contributed by atoms with Gasteiger partial charge in [-0.3, -0.25) is 4.79 Å². The Bertz CT molecular complexity index is 1260. The van der Waals surface area contributed by atoms with Crippen LogP contribution in [0.2, 0.25) is 0 Å². The number of piperazine rings is 1. The molecule has 2 saturated heterocycles. The molecule has 0 saturated carbocycles. The maximum atomic E-state index is 13.3. The molecule has 34 heavy (non-hydrogen) atoms. The fourth-order valence-corrected chi connectivity index (χ4v) is 7.13. The topological polar surface area (TPSA) is 73.0 Å². The minimum atomic E-state index is -3.60. The number of amides is 1. The number of anilines is 2. The first kappa shape index (κ1) is 23.3. The highest BCUT2D eigenvalue weighted by atomic mass is 32.2. The maximum absolute atomic E-state index is 13.3. The van der Waals surface area contributed by atoms with E-state index in [2.05, 4.69) is 22.2 Å². The van der Waals surface area contributed by atoms with Crippen molar-refractivity contribution in [1.82, 2.24) is 9.21 Å². The second kappa shape index (κ2) is 9.65. The van der Waals surface area contributed by atoms with Crippen LogP contribution in [0.25, 0.3) is 10.1 Å². The summed E-state index contributed by atoms with van der Waals surface area (Å²) < 4.78 is 29.3. The summed E-state index contributed by atoms with van der Waals surface area (Å²) in [7, 11) is -1.51. The quantitative estimate of drug-likeness (QED) is 0.574. The van der Waals surface area contributed by atoms with Crippen molar-refractivity contribution < 1.29 is 13.2 Å². The van der Waals surface area contributed by atoms with Gasteiger partial charge in [-0.1, -0.05) is 24.6 Å². The molecule has 180 valence electrons. The van der Waals surface area contributed by atoms with Crippen LogP contribution in [0, 0.1) is 0 Å². The number of carbonyl (C=O) groups is 1. The number of nitrogens with one attached hydrogen (secondary N) is 1. The van der Waals surface area contributed by atoms with Crippen molar-refractivity contribution in [2.75, 3.05) is 56.5 Å². The third-order valence-electron chi connectivity index (χ3n) is 6.66. The number of benzene rings is 2. The molecular formula is C25H30N4O3S2. The monoisotopic (exact) mass is 498 g/mol. The highest BCUT2D eigenvalue weighted by Gasteiger charge is 2.28. The molecule has 3 heterocycles. The zero-order valence-corrected chi connectivity index (χ0v) is 21.0. The van der Waals surface area contributed by atoms with E-state index in [1.54, 1.807) is 16.4 Å². The van der Waals surface area contributed by atoms with E-state index < -0.39 is 10.0 Å². The van der Waals surface area contributed by atoms with Gasteiger partial charge >= 0.3 is 0 Å². The van der Waals surface area contributed by atoms with Crippen molar-refractivity contribution in [3.8, 4) is 0 Å². The molecule has 9 heteroatoms. The van der Waals surface area contributed by atoms with Crippen LogP contribution in [-0.2, 0) is 10.0 Å². The van der Waals surface area contributed by atoms with Crippen molar-refractivity contribution in [2.45, 2.75) is 24.2 Å². The summed E-state index contributed by atoms with van der Waals surface area (Å²) in [5.74, 6) is -0.218. The smallest absolute Gasteiger partial charge is 0.265 e. The summed E-state index contributed by atoms with van der Waals surface area (Å²) in [5.41, 5.74) is 1.41. The number of nitrogens with zero attached hydrogens (tertiary/aromatic N) is 3. The average Bonchev–Trinajstić information content (AvgIpc) is 3.30. The molecule has 2 fully saturated rings. The van der Waals surface area contributed by atoms with E-state index in [1.165, 1.54) is 11.3 Å². The second-order valence-electron chi connectivity index (χ2n) is 9.04.